The lowest BCUT2D eigenvalue weighted by molar-refractivity contribution is 0.0853. The molecule has 0 bridgehead atoms. The minimum absolute atomic E-state index is 0.0457. The Morgan fingerprint density at radius 3 is 2.44 bits per heavy atom. The highest BCUT2D eigenvalue weighted by Crippen LogP contribution is 2.29. The SMILES string of the molecule is COc1ccc(C(=O)C(C)C2CNC2)cc1OC. The molecule has 1 atom stereocenters. The first-order valence-electron chi connectivity index (χ1n) is 6.14. The van der Waals surface area contributed by atoms with Crippen LogP contribution in [0.5, 0.6) is 11.5 Å². The third-order valence-corrected chi connectivity index (χ3v) is 3.60. The Morgan fingerprint density at radius 2 is 1.94 bits per heavy atom. The van der Waals surface area contributed by atoms with E-state index in [-0.39, 0.29) is 11.7 Å². The van der Waals surface area contributed by atoms with E-state index in [1.165, 1.54) is 0 Å². The first kappa shape index (κ1) is 12.9. The minimum atomic E-state index is 0.0457. The maximum absolute atomic E-state index is 12.3. The molecule has 1 saturated heterocycles. The number of methoxy groups -OCH3 is 2. The van der Waals surface area contributed by atoms with E-state index in [9.17, 15) is 4.79 Å². The van der Waals surface area contributed by atoms with Crippen LogP contribution in [0.1, 0.15) is 17.3 Å². The van der Waals surface area contributed by atoms with Crippen molar-refractivity contribution in [3.05, 3.63) is 23.8 Å². The standard InChI is InChI=1S/C14H19NO3/c1-9(11-7-15-8-11)14(16)10-4-5-12(17-2)13(6-10)18-3/h4-6,9,11,15H,7-8H2,1-3H3. The van der Waals surface area contributed by atoms with Crippen molar-refractivity contribution in [2.45, 2.75) is 6.92 Å². The fourth-order valence-corrected chi connectivity index (χ4v) is 2.13. The van der Waals surface area contributed by atoms with Gasteiger partial charge in [0.2, 0.25) is 0 Å². The zero-order chi connectivity index (χ0) is 13.1. The summed E-state index contributed by atoms with van der Waals surface area (Å²) in [6, 6.07) is 5.33. The van der Waals surface area contributed by atoms with Gasteiger partial charge >= 0.3 is 0 Å². The van der Waals surface area contributed by atoms with Crippen LogP contribution in [0.25, 0.3) is 0 Å². The summed E-state index contributed by atoms with van der Waals surface area (Å²) >= 11 is 0. The Hall–Kier alpha value is -1.55. The topological polar surface area (TPSA) is 47.6 Å². The summed E-state index contributed by atoms with van der Waals surface area (Å²) in [6.45, 7) is 3.85. The molecule has 98 valence electrons. The summed E-state index contributed by atoms with van der Waals surface area (Å²) in [6.07, 6.45) is 0. The fourth-order valence-electron chi connectivity index (χ4n) is 2.13. The second-order valence-electron chi connectivity index (χ2n) is 4.64. The lowest BCUT2D eigenvalue weighted by Crippen LogP contribution is -2.47. The molecule has 0 saturated carbocycles. The number of hydrogen-bond acceptors (Lipinski definition) is 4. The van der Waals surface area contributed by atoms with Gasteiger partial charge in [-0.3, -0.25) is 4.79 Å². The van der Waals surface area contributed by atoms with Gasteiger partial charge in [-0.15, -0.1) is 0 Å². The molecule has 4 nitrogen and oxygen atoms in total. The van der Waals surface area contributed by atoms with E-state index in [1.807, 2.05) is 6.92 Å². The number of ketones is 1. The highest BCUT2D eigenvalue weighted by molar-refractivity contribution is 5.98. The van der Waals surface area contributed by atoms with Crippen molar-refractivity contribution < 1.29 is 14.3 Å². The number of carbonyl (C=O) groups is 1. The molecule has 1 aromatic carbocycles. The molecule has 1 aliphatic heterocycles. The summed E-state index contributed by atoms with van der Waals surface area (Å²) in [5.41, 5.74) is 0.687. The van der Waals surface area contributed by atoms with E-state index in [0.717, 1.165) is 13.1 Å². The number of ether oxygens (including phenoxy) is 2. The van der Waals surface area contributed by atoms with Gasteiger partial charge in [-0.1, -0.05) is 6.92 Å². The normalized spacial score (nSPS) is 16.8. The predicted molar refractivity (Wildman–Crippen MR) is 69.4 cm³/mol. The summed E-state index contributed by atoms with van der Waals surface area (Å²) in [7, 11) is 3.16. The smallest absolute Gasteiger partial charge is 0.166 e. The molecule has 1 fully saturated rings. The van der Waals surface area contributed by atoms with E-state index < -0.39 is 0 Å². The maximum atomic E-state index is 12.3. The van der Waals surface area contributed by atoms with Gasteiger partial charge in [0.15, 0.2) is 17.3 Å². The van der Waals surface area contributed by atoms with Crippen molar-refractivity contribution in [2.24, 2.45) is 11.8 Å². The molecular formula is C14H19NO3. The highest BCUT2D eigenvalue weighted by Gasteiger charge is 2.29. The lowest BCUT2D eigenvalue weighted by atomic mass is 9.83. The van der Waals surface area contributed by atoms with Crippen LogP contribution in [0.3, 0.4) is 0 Å². The monoisotopic (exact) mass is 249 g/mol. The zero-order valence-corrected chi connectivity index (χ0v) is 11.0. The van der Waals surface area contributed by atoms with Crippen molar-refractivity contribution in [3.8, 4) is 11.5 Å². The van der Waals surface area contributed by atoms with Crippen LogP contribution in [0.4, 0.5) is 0 Å². The Balaban J connectivity index is 2.19. The number of Topliss-reactive ketones (excluding diaryl/α,β-unsaturated/α-hetero) is 1. The molecule has 18 heavy (non-hydrogen) atoms. The van der Waals surface area contributed by atoms with Crippen LogP contribution in [-0.4, -0.2) is 33.1 Å². The molecule has 1 aliphatic rings. The van der Waals surface area contributed by atoms with Crippen LogP contribution in [0.2, 0.25) is 0 Å². The molecule has 0 spiro atoms. The van der Waals surface area contributed by atoms with Crippen molar-refractivity contribution in [3.63, 3.8) is 0 Å². The van der Waals surface area contributed by atoms with Gasteiger partial charge in [0.25, 0.3) is 0 Å². The Morgan fingerprint density at radius 1 is 1.28 bits per heavy atom. The lowest BCUT2D eigenvalue weighted by Gasteiger charge is -2.31. The van der Waals surface area contributed by atoms with Crippen molar-refractivity contribution in [2.75, 3.05) is 27.3 Å². The molecule has 1 unspecified atom stereocenters. The molecule has 1 heterocycles. The van der Waals surface area contributed by atoms with E-state index >= 15 is 0 Å². The van der Waals surface area contributed by atoms with Gasteiger partial charge in [-0.25, -0.2) is 0 Å². The van der Waals surface area contributed by atoms with E-state index in [4.69, 9.17) is 9.47 Å². The Bertz CT molecular complexity index is 441. The van der Waals surface area contributed by atoms with Gasteiger partial charge in [-0.05, 0) is 37.2 Å². The highest BCUT2D eigenvalue weighted by atomic mass is 16.5. The summed E-state index contributed by atoms with van der Waals surface area (Å²) in [5.74, 6) is 1.91. The van der Waals surface area contributed by atoms with Crippen LogP contribution in [-0.2, 0) is 0 Å². The van der Waals surface area contributed by atoms with Gasteiger partial charge in [-0.2, -0.15) is 0 Å². The second-order valence-corrected chi connectivity index (χ2v) is 4.64. The Labute approximate surface area is 107 Å². The minimum Gasteiger partial charge on any atom is -0.493 e. The molecular weight excluding hydrogens is 230 g/mol. The second kappa shape index (κ2) is 5.40. The van der Waals surface area contributed by atoms with Crippen LogP contribution in [0.15, 0.2) is 18.2 Å². The van der Waals surface area contributed by atoms with Crippen LogP contribution in [0, 0.1) is 11.8 Å². The number of carbonyl (C=O) groups excluding carboxylic acids is 1. The van der Waals surface area contributed by atoms with E-state index in [1.54, 1.807) is 32.4 Å². The number of rotatable bonds is 5. The van der Waals surface area contributed by atoms with Gasteiger partial charge in [0, 0.05) is 11.5 Å². The maximum Gasteiger partial charge on any atom is 0.166 e. The van der Waals surface area contributed by atoms with Crippen LogP contribution >= 0.6 is 0 Å². The quantitative estimate of drug-likeness (QED) is 0.807. The molecule has 0 aromatic heterocycles. The summed E-state index contributed by atoms with van der Waals surface area (Å²) < 4.78 is 10.4. The molecule has 0 radical (unpaired) electrons. The van der Waals surface area contributed by atoms with Gasteiger partial charge < -0.3 is 14.8 Å². The van der Waals surface area contributed by atoms with E-state index in [0.29, 0.717) is 23.0 Å². The number of nitrogens with one attached hydrogen (secondary N) is 1. The van der Waals surface area contributed by atoms with Crippen molar-refractivity contribution in [1.82, 2.24) is 5.32 Å². The third-order valence-electron chi connectivity index (χ3n) is 3.60. The molecule has 0 amide bonds. The largest absolute Gasteiger partial charge is 0.493 e. The fraction of sp³-hybridized carbons (Fsp3) is 0.500. The molecule has 4 heteroatoms. The number of benzene rings is 1. The summed E-state index contributed by atoms with van der Waals surface area (Å²) in [4.78, 5) is 12.3. The summed E-state index contributed by atoms with van der Waals surface area (Å²) in [5, 5.41) is 3.19. The first-order chi connectivity index (χ1) is 8.67. The first-order valence-corrected chi connectivity index (χ1v) is 6.14. The molecule has 1 aromatic rings. The average molecular weight is 249 g/mol. The Kier molecular flexibility index (Phi) is 3.87. The zero-order valence-electron chi connectivity index (χ0n) is 11.0. The van der Waals surface area contributed by atoms with Gasteiger partial charge in [0.1, 0.15) is 0 Å². The molecule has 1 N–H and O–H groups in total. The third kappa shape index (κ3) is 2.34. The van der Waals surface area contributed by atoms with Crippen LogP contribution < -0.4 is 14.8 Å². The molecule has 0 aliphatic carbocycles. The predicted octanol–water partition coefficient (Wildman–Crippen LogP) is 1.74. The molecule has 2 rings (SSSR count). The van der Waals surface area contributed by atoms with E-state index in [2.05, 4.69) is 5.32 Å². The van der Waals surface area contributed by atoms with Gasteiger partial charge in [0.05, 0.1) is 14.2 Å². The average Bonchev–Trinajstić information content (AvgIpc) is 2.34. The van der Waals surface area contributed by atoms with Crippen molar-refractivity contribution >= 4 is 5.78 Å². The number of hydrogen-bond donors (Lipinski definition) is 1. The van der Waals surface area contributed by atoms with Crippen molar-refractivity contribution in [1.29, 1.82) is 0 Å².